The highest BCUT2D eigenvalue weighted by Crippen LogP contribution is 2.33. The van der Waals surface area contributed by atoms with Crippen LogP contribution in [0.5, 0.6) is 0 Å². The second kappa shape index (κ2) is 6.90. The molecule has 0 radical (unpaired) electrons. The summed E-state index contributed by atoms with van der Waals surface area (Å²) in [5, 5.41) is 0. The predicted molar refractivity (Wildman–Crippen MR) is 72.1 cm³/mol. The van der Waals surface area contributed by atoms with E-state index in [2.05, 4.69) is 21.4 Å². The van der Waals surface area contributed by atoms with Crippen LogP contribution in [0.2, 0.25) is 0 Å². The summed E-state index contributed by atoms with van der Waals surface area (Å²) in [6.07, 6.45) is -2.05. The number of alkyl halides is 3. The monoisotopic (exact) mass is 353 g/mol. The Labute approximate surface area is 122 Å². The topological polar surface area (TPSA) is 21.3 Å². The van der Waals surface area contributed by atoms with E-state index in [0.29, 0.717) is 4.47 Å². The van der Waals surface area contributed by atoms with Crippen molar-refractivity contribution in [3.8, 4) is 0 Å². The SMILES string of the molecule is CON/C(=C\C=C(/C)F)c1cc(C(F)(F)F)ccc1Br. The van der Waals surface area contributed by atoms with Gasteiger partial charge in [-0.05, 0) is 37.3 Å². The molecule has 7 heteroatoms. The average molecular weight is 354 g/mol. The quantitative estimate of drug-likeness (QED) is 0.475. The van der Waals surface area contributed by atoms with Gasteiger partial charge in [0.05, 0.1) is 24.2 Å². The molecule has 0 aliphatic heterocycles. The summed E-state index contributed by atoms with van der Waals surface area (Å²) in [5.74, 6) is -0.483. The van der Waals surface area contributed by atoms with Gasteiger partial charge in [-0.25, -0.2) is 4.39 Å². The maximum absolute atomic E-state index is 12.7. The fourth-order valence-corrected chi connectivity index (χ4v) is 1.86. The molecule has 0 atom stereocenters. The fraction of sp³-hybridized carbons (Fsp3) is 0.231. The summed E-state index contributed by atoms with van der Waals surface area (Å²) in [4.78, 5) is 4.70. The zero-order valence-electron chi connectivity index (χ0n) is 10.7. The molecule has 20 heavy (non-hydrogen) atoms. The minimum atomic E-state index is -4.46. The Morgan fingerprint density at radius 2 is 1.95 bits per heavy atom. The lowest BCUT2D eigenvalue weighted by Crippen LogP contribution is -2.12. The van der Waals surface area contributed by atoms with Gasteiger partial charge in [-0.15, -0.1) is 0 Å². The van der Waals surface area contributed by atoms with Gasteiger partial charge in [0, 0.05) is 10.0 Å². The first-order valence-corrected chi connectivity index (χ1v) is 6.25. The Kier molecular flexibility index (Phi) is 5.76. The zero-order chi connectivity index (χ0) is 15.3. The molecule has 0 heterocycles. The van der Waals surface area contributed by atoms with Gasteiger partial charge in [0.1, 0.15) is 0 Å². The Balaban J connectivity index is 3.33. The first-order valence-electron chi connectivity index (χ1n) is 5.46. The summed E-state index contributed by atoms with van der Waals surface area (Å²) in [6, 6.07) is 3.17. The van der Waals surface area contributed by atoms with Crippen molar-refractivity contribution >= 4 is 21.6 Å². The minimum Gasteiger partial charge on any atom is -0.279 e. The van der Waals surface area contributed by atoms with E-state index in [9.17, 15) is 17.6 Å². The van der Waals surface area contributed by atoms with Crippen molar-refractivity contribution in [2.45, 2.75) is 13.1 Å². The van der Waals surface area contributed by atoms with Gasteiger partial charge >= 0.3 is 6.18 Å². The Morgan fingerprint density at radius 3 is 2.45 bits per heavy atom. The molecule has 0 saturated heterocycles. The number of benzene rings is 1. The Morgan fingerprint density at radius 1 is 1.30 bits per heavy atom. The molecule has 0 saturated carbocycles. The van der Waals surface area contributed by atoms with E-state index in [-0.39, 0.29) is 11.3 Å². The van der Waals surface area contributed by atoms with Crippen LogP contribution in [0.25, 0.3) is 5.70 Å². The number of nitrogens with one attached hydrogen (secondary N) is 1. The minimum absolute atomic E-state index is 0.197. The van der Waals surface area contributed by atoms with Crippen LogP contribution in [0, 0.1) is 0 Å². The number of rotatable bonds is 4. The van der Waals surface area contributed by atoms with Gasteiger partial charge in [0.15, 0.2) is 0 Å². The first kappa shape index (κ1) is 16.7. The maximum atomic E-state index is 12.7. The highest BCUT2D eigenvalue weighted by atomic mass is 79.9. The molecule has 0 amide bonds. The second-order valence-electron chi connectivity index (χ2n) is 3.83. The summed E-state index contributed by atoms with van der Waals surface area (Å²) >= 11 is 3.16. The van der Waals surface area contributed by atoms with E-state index >= 15 is 0 Å². The van der Waals surface area contributed by atoms with E-state index in [1.54, 1.807) is 0 Å². The number of hydrogen-bond donors (Lipinski definition) is 1. The van der Waals surface area contributed by atoms with E-state index < -0.39 is 17.6 Å². The molecule has 110 valence electrons. The van der Waals surface area contributed by atoms with Gasteiger partial charge in [0.25, 0.3) is 0 Å². The van der Waals surface area contributed by atoms with E-state index in [1.165, 1.54) is 26.2 Å². The van der Waals surface area contributed by atoms with Crippen LogP contribution in [-0.4, -0.2) is 7.11 Å². The van der Waals surface area contributed by atoms with Crippen molar-refractivity contribution in [3.05, 3.63) is 51.8 Å². The molecule has 0 aromatic heterocycles. The third kappa shape index (κ3) is 4.64. The van der Waals surface area contributed by atoms with Crippen LogP contribution in [0.15, 0.2) is 40.7 Å². The van der Waals surface area contributed by atoms with Crippen molar-refractivity contribution in [2.24, 2.45) is 0 Å². The third-order valence-electron chi connectivity index (χ3n) is 2.28. The molecular weight excluding hydrogens is 342 g/mol. The Hall–Kier alpha value is -1.34. The lowest BCUT2D eigenvalue weighted by Gasteiger charge is -2.13. The first-order chi connectivity index (χ1) is 9.25. The summed E-state index contributed by atoms with van der Waals surface area (Å²) in [5.41, 5.74) is 2.03. The lowest BCUT2D eigenvalue weighted by atomic mass is 10.1. The van der Waals surface area contributed by atoms with Gasteiger partial charge in [-0.3, -0.25) is 10.3 Å². The molecule has 0 aliphatic rings. The van der Waals surface area contributed by atoms with Crippen molar-refractivity contribution in [2.75, 3.05) is 7.11 Å². The van der Waals surface area contributed by atoms with Crippen molar-refractivity contribution in [1.82, 2.24) is 5.48 Å². The highest BCUT2D eigenvalue weighted by Gasteiger charge is 2.31. The molecule has 0 aliphatic carbocycles. The molecule has 1 rings (SSSR count). The normalized spacial score (nSPS) is 13.6. The standard InChI is InChI=1S/C13H12BrF4NO/c1-8(15)3-6-12(19-20-2)10-7-9(13(16,17)18)4-5-11(10)14/h3-7,19H,1-2H3/b8-3+,12-6-. The van der Waals surface area contributed by atoms with Crippen molar-refractivity contribution in [3.63, 3.8) is 0 Å². The van der Waals surface area contributed by atoms with Crippen molar-refractivity contribution in [1.29, 1.82) is 0 Å². The summed E-state index contributed by atoms with van der Waals surface area (Å²) in [6.45, 7) is 1.22. The van der Waals surface area contributed by atoms with Crippen LogP contribution in [0.4, 0.5) is 17.6 Å². The number of hydrogen-bond acceptors (Lipinski definition) is 2. The molecule has 1 aromatic carbocycles. The van der Waals surface area contributed by atoms with E-state index in [4.69, 9.17) is 4.84 Å². The predicted octanol–water partition coefficient (Wildman–Crippen LogP) is 4.83. The largest absolute Gasteiger partial charge is 0.416 e. The molecule has 0 bridgehead atoms. The molecule has 1 N–H and O–H groups in total. The molecule has 1 aromatic rings. The number of hydroxylamine groups is 1. The highest BCUT2D eigenvalue weighted by molar-refractivity contribution is 9.10. The molecular formula is C13H12BrF4NO. The number of halogens is 5. The molecule has 0 spiro atoms. The lowest BCUT2D eigenvalue weighted by molar-refractivity contribution is -0.137. The van der Waals surface area contributed by atoms with Crippen molar-refractivity contribution < 1.29 is 22.4 Å². The van der Waals surface area contributed by atoms with Gasteiger partial charge < -0.3 is 0 Å². The number of allylic oxidation sites excluding steroid dienone is 3. The average Bonchev–Trinajstić information content (AvgIpc) is 2.33. The summed E-state index contributed by atoms with van der Waals surface area (Å²) < 4.78 is 51.3. The second-order valence-corrected chi connectivity index (χ2v) is 4.69. The fourth-order valence-electron chi connectivity index (χ4n) is 1.39. The molecule has 2 nitrogen and oxygen atoms in total. The van der Waals surface area contributed by atoms with E-state index in [0.717, 1.165) is 18.2 Å². The zero-order valence-corrected chi connectivity index (χ0v) is 12.3. The van der Waals surface area contributed by atoms with Gasteiger partial charge in [-0.2, -0.15) is 13.2 Å². The smallest absolute Gasteiger partial charge is 0.279 e. The van der Waals surface area contributed by atoms with Gasteiger partial charge in [0.2, 0.25) is 0 Å². The van der Waals surface area contributed by atoms with Crippen LogP contribution in [0.1, 0.15) is 18.1 Å². The molecule has 0 fully saturated rings. The van der Waals surface area contributed by atoms with Gasteiger partial charge in [-0.1, -0.05) is 15.9 Å². The van der Waals surface area contributed by atoms with Crippen LogP contribution < -0.4 is 5.48 Å². The Bertz CT molecular complexity index is 534. The van der Waals surface area contributed by atoms with E-state index in [1.807, 2.05) is 0 Å². The van der Waals surface area contributed by atoms with Crippen LogP contribution in [0.3, 0.4) is 0 Å². The summed E-state index contributed by atoms with van der Waals surface area (Å²) in [7, 11) is 1.31. The molecule has 0 unspecified atom stereocenters. The van der Waals surface area contributed by atoms with Crippen LogP contribution in [-0.2, 0) is 11.0 Å². The maximum Gasteiger partial charge on any atom is 0.416 e. The van der Waals surface area contributed by atoms with Crippen LogP contribution >= 0.6 is 15.9 Å². The third-order valence-corrected chi connectivity index (χ3v) is 2.97.